The molecule has 0 saturated carbocycles. The van der Waals surface area contributed by atoms with Gasteiger partial charge in [-0.15, -0.1) is 0 Å². The van der Waals surface area contributed by atoms with Crippen molar-refractivity contribution in [1.82, 2.24) is 15.1 Å². The van der Waals surface area contributed by atoms with Crippen molar-refractivity contribution in [2.75, 3.05) is 26.7 Å². The minimum atomic E-state index is -1.36. The predicted octanol–water partition coefficient (Wildman–Crippen LogP) is -0.604. The van der Waals surface area contributed by atoms with Crippen LogP contribution in [0.5, 0.6) is 0 Å². The summed E-state index contributed by atoms with van der Waals surface area (Å²) in [7, 11) is 1.16. The van der Waals surface area contributed by atoms with E-state index in [9.17, 15) is 19.2 Å². The van der Waals surface area contributed by atoms with E-state index in [0.29, 0.717) is 0 Å². The Labute approximate surface area is 126 Å². The van der Waals surface area contributed by atoms with Crippen molar-refractivity contribution in [3.63, 3.8) is 0 Å². The molecular weight excluding hydrogens is 298 g/mol. The average Bonchev–Trinajstić information content (AvgIpc) is 2.44. The fraction of sp³-hybridized carbons (Fsp3) is 0.667. The van der Waals surface area contributed by atoms with Crippen LogP contribution in [0.3, 0.4) is 0 Å². The van der Waals surface area contributed by atoms with Crippen molar-refractivity contribution in [3.05, 3.63) is 0 Å². The van der Waals surface area contributed by atoms with Gasteiger partial charge in [-0.2, -0.15) is 0 Å². The van der Waals surface area contributed by atoms with Gasteiger partial charge in [-0.05, 0) is 13.8 Å². The minimum Gasteiger partial charge on any atom is -0.467 e. The number of esters is 1. The lowest BCUT2D eigenvalue weighted by molar-refractivity contribution is -0.150. The number of hydrogen-bond donors (Lipinski definition) is 3. The number of piperazine rings is 1. The molecule has 10 nitrogen and oxygen atoms in total. The van der Waals surface area contributed by atoms with Crippen molar-refractivity contribution in [3.8, 4) is 0 Å². The Hall–Kier alpha value is -2.52. The van der Waals surface area contributed by atoms with Gasteiger partial charge < -0.3 is 25.2 Å². The van der Waals surface area contributed by atoms with E-state index in [1.807, 2.05) is 0 Å². The smallest absolute Gasteiger partial charge is 0.408 e. The quantitative estimate of drug-likeness (QED) is 0.591. The van der Waals surface area contributed by atoms with E-state index in [2.05, 4.69) is 10.1 Å². The molecule has 0 aromatic heterocycles. The van der Waals surface area contributed by atoms with E-state index in [4.69, 9.17) is 10.2 Å². The Bertz CT molecular complexity index is 491. The molecule has 124 valence electrons. The van der Waals surface area contributed by atoms with Crippen LogP contribution in [0.1, 0.15) is 13.8 Å². The zero-order valence-corrected chi connectivity index (χ0v) is 12.5. The summed E-state index contributed by atoms with van der Waals surface area (Å²) in [6.45, 7) is 2.36. The van der Waals surface area contributed by atoms with Gasteiger partial charge in [0.25, 0.3) is 0 Å². The molecule has 0 bridgehead atoms. The first-order valence-electron chi connectivity index (χ1n) is 6.48. The summed E-state index contributed by atoms with van der Waals surface area (Å²) in [5, 5.41) is 20.5. The van der Waals surface area contributed by atoms with Crippen LogP contribution < -0.4 is 5.32 Å². The molecule has 22 heavy (non-hydrogen) atoms. The van der Waals surface area contributed by atoms with Gasteiger partial charge in [0.2, 0.25) is 5.91 Å². The standard InChI is InChI=1S/C12H19N3O7/c1-12(2,9(17)22-3)13-8(16)7-6-14(10(18)19)4-5-15(7)11(20)21/h7H,4-6H2,1-3H3,(H,13,16)(H,18,19)(H,20,21). The summed E-state index contributed by atoms with van der Waals surface area (Å²) in [4.78, 5) is 47.8. The van der Waals surface area contributed by atoms with Crippen molar-refractivity contribution in [1.29, 1.82) is 0 Å². The van der Waals surface area contributed by atoms with Gasteiger partial charge >= 0.3 is 18.2 Å². The predicted molar refractivity (Wildman–Crippen MR) is 72.4 cm³/mol. The molecule has 0 spiro atoms. The zero-order valence-electron chi connectivity index (χ0n) is 12.5. The number of carboxylic acid groups (broad SMARTS) is 2. The van der Waals surface area contributed by atoms with E-state index in [-0.39, 0.29) is 19.6 Å². The fourth-order valence-corrected chi connectivity index (χ4v) is 2.11. The number of ether oxygens (including phenoxy) is 1. The van der Waals surface area contributed by atoms with E-state index >= 15 is 0 Å². The van der Waals surface area contributed by atoms with E-state index in [1.54, 1.807) is 0 Å². The Morgan fingerprint density at radius 2 is 1.73 bits per heavy atom. The topological polar surface area (TPSA) is 136 Å². The third-order valence-corrected chi connectivity index (χ3v) is 3.33. The summed E-state index contributed by atoms with van der Waals surface area (Å²) in [6.07, 6.45) is -2.57. The maximum absolute atomic E-state index is 12.3. The van der Waals surface area contributed by atoms with Gasteiger partial charge in [-0.3, -0.25) is 9.69 Å². The monoisotopic (exact) mass is 317 g/mol. The first kappa shape index (κ1) is 17.5. The molecule has 1 unspecified atom stereocenters. The molecular formula is C12H19N3O7. The van der Waals surface area contributed by atoms with Crippen molar-refractivity contribution in [2.24, 2.45) is 0 Å². The van der Waals surface area contributed by atoms with Crippen LogP contribution >= 0.6 is 0 Å². The molecule has 3 N–H and O–H groups in total. The molecule has 10 heteroatoms. The van der Waals surface area contributed by atoms with Gasteiger partial charge in [0.05, 0.1) is 13.7 Å². The van der Waals surface area contributed by atoms with Gasteiger partial charge in [-0.25, -0.2) is 14.4 Å². The molecule has 1 heterocycles. The largest absolute Gasteiger partial charge is 0.467 e. The lowest BCUT2D eigenvalue weighted by Crippen LogP contribution is -2.64. The first-order chi connectivity index (χ1) is 10.1. The fourth-order valence-electron chi connectivity index (χ4n) is 2.11. The zero-order chi connectivity index (χ0) is 17.1. The summed E-state index contributed by atoms with van der Waals surface area (Å²) < 4.78 is 4.55. The van der Waals surface area contributed by atoms with Crippen LogP contribution in [0.15, 0.2) is 0 Å². The Balaban J connectivity index is 2.91. The van der Waals surface area contributed by atoms with Crippen LogP contribution in [0.2, 0.25) is 0 Å². The van der Waals surface area contributed by atoms with Crippen LogP contribution in [-0.4, -0.2) is 82.4 Å². The highest BCUT2D eigenvalue weighted by Gasteiger charge is 2.40. The first-order valence-corrected chi connectivity index (χ1v) is 6.48. The van der Waals surface area contributed by atoms with Gasteiger partial charge in [0, 0.05) is 13.1 Å². The molecule has 1 saturated heterocycles. The van der Waals surface area contributed by atoms with Crippen LogP contribution in [-0.2, 0) is 14.3 Å². The molecule has 0 radical (unpaired) electrons. The molecule has 0 aromatic rings. The Morgan fingerprint density at radius 3 is 2.18 bits per heavy atom. The molecule has 1 fully saturated rings. The number of amides is 3. The number of rotatable bonds is 3. The number of hydrogen-bond acceptors (Lipinski definition) is 5. The number of nitrogens with zero attached hydrogens (tertiary/aromatic N) is 2. The van der Waals surface area contributed by atoms with E-state index < -0.39 is 35.6 Å². The van der Waals surface area contributed by atoms with Crippen molar-refractivity contribution < 1.29 is 34.1 Å². The van der Waals surface area contributed by atoms with Gasteiger partial charge in [0.15, 0.2) is 0 Å². The third-order valence-electron chi connectivity index (χ3n) is 3.33. The van der Waals surface area contributed by atoms with Crippen LogP contribution in [0.25, 0.3) is 0 Å². The second kappa shape index (κ2) is 6.50. The highest BCUT2D eigenvalue weighted by atomic mass is 16.5. The SMILES string of the molecule is COC(=O)C(C)(C)NC(=O)C1CN(C(=O)O)CCN1C(=O)O. The Morgan fingerprint density at radius 1 is 1.14 bits per heavy atom. The maximum atomic E-state index is 12.3. The second-order valence-electron chi connectivity index (χ2n) is 5.33. The molecule has 0 aromatic carbocycles. The minimum absolute atomic E-state index is 0.0220. The van der Waals surface area contributed by atoms with Gasteiger partial charge in [0.1, 0.15) is 11.6 Å². The number of carbonyl (C=O) groups excluding carboxylic acids is 2. The number of nitrogens with one attached hydrogen (secondary N) is 1. The maximum Gasteiger partial charge on any atom is 0.408 e. The Kier molecular flexibility index (Phi) is 5.18. The average molecular weight is 317 g/mol. The lowest BCUT2D eigenvalue weighted by Gasteiger charge is -2.38. The highest BCUT2D eigenvalue weighted by Crippen LogP contribution is 2.13. The molecule has 1 aliphatic rings. The summed E-state index contributed by atoms with van der Waals surface area (Å²) in [6, 6.07) is -1.23. The highest BCUT2D eigenvalue weighted by molar-refractivity contribution is 5.91. The lowest BCUT2D eigenvalue weighted by atomic mass is 10.0. The molecule has 0 aliphatic carbocycles. The normalized spacial score (nSPS) is 18.6. The molecule has 1 aliphatic heterocycles. The summed E-state index contributed by atoms with van der Waals surface area (Å²) in [5.41, 5.74) is -1.36. The molecule has 1 rings (SSSR count). The van der Waals surface area contributed by atoms with E-state index in [0.717, 1.165) is 16.9 Å². The number of carbonyl (C=O) groups is 4. The molecule has 3 amide bonds. The van der Waals surface area contributed by atoms with Crippen LogP contribution in [0.4, 0.5) is 9.59 Å². The second-order valence-corrected chi connectivity index (χ2v) is 5.33. The van der Waals surface area contributed by atoms with Gasteiger partial charge in [-0.1, -0.05) is 0 Å². The number of methoxy groups -OCH3 is 1. The summed E-state index contributed by atoms with van der Waals surface area (Å²) >= 11 is 0. The molecule has 1 atom stereocenters. The summed E-state index contributed by atoms with van der Waals surface area (Å²) in [5.74, 6) is -1.46. The third kappa shape index (κ3) is 3.77. The van der Waals surface area contributed by atoms with Crippen LogP contribution in [0, 0.1) is 0 Å². The van der Waals surface area contributed by atoms with E-state index in [1.165, 1.54) is 13.8 Å². The van der Waals surface area contributed by atoms with Crippen molar-refractivity contribution in [2.45, 2.75) is 25.4 Å². The van der Waals surface area contributed by atoms with Crippen molar-refractivity contribution >= 4 is 24.1 Å².